The Morgan fingerprint density at radius 2 is 2.07 bits per heavy atom. The molecule has 3 aromatic heterocycles. The van der Waals surface area contributed by atoms with Crippen LogP contribution in [-0.4, -0.2) is 36.8 Å². The first-order chi connectivity index (χ1) is 13.3. The third kappa shape index (κ3) is 3.82. The summed E-state index contributed by atoms with van der Waals surface area (Å²) in [4.78, 5) is 16.7. The summed E-state index contributed by atoms with van der Waals surface area (Å²) in [5.74, 6) is -0.500. The van der Waals surface area contributed by atoms with Crippen LogP contribution in [-0.2, 0) is 12.7 Å². The molecule has 0 saturated heterocycles. The van der Waals surface area contributed by atoms with E-state index < -0.39 is 17.8 Å². The third-order valence-corrected chi connectivity index (χ3v) is 4.67. The molecule has 0 unspecified atom stereocenters. The molecule has 28 heavy (non-hydrogen) atoms. The van der Waals surface area contributed by atoms with Crippen LogP contribution in [0.1, 0.15) is 46.9 Å². The molecule has 0 bridgehead atoms. The number of carbonyl (C=O) groups excluding carboxylic acids is 1. The molecule has 0 spiro atoms. The van der Waals surface area contributed by atoms with E-state index in [1.807, 2.05) is 0 Å². The van der Waals surface area contributed by atoms with Gasteiger partial charge in [-0.2, -0.15) is 23.4 Å². The molecule has 1 aliphatic rings. The van der Waals surface area contributed by atoms with Crippen molar-refractivity contribution >= 4 is 23.2 Å². The SMILES string of the molecule is O=C(NCCCn1cc(Cl)cn1)c1cnn2c(C(F)(F)F)cc(C3CC3)nc12. The fourth-order valence-electron chi connectivity index (χ4n) is 2.93. The van der Waals surface area contributed by atoms with E-state index in [0.29, 0.717) is 34.7 Å². The van der Waals surface area contributed by atoms with Gasteiger partial charge in [-0.15, -0.1) is 0 Å². The average Bonchev–Trinajstić information content (AvgIpc) is 3.27. The van der Waals surface area contributed by atoms with E-state index in [9.17, 15) is 18.0 Å². The molecule has 1 amide bonds. The number of amides is 1. The van der Waals surface area contributed by atoms with Crippen molar-refractivity contribution in [3.8, 4) is 0 Å². The smallest absolute Gasteiger partial charge is 0.352 e. The Hall–Kier alpha value is -2.62. The van der Waals surface area contributed by atoms with Gasteiger partial charge in [0.15, 0.2) is 5.65 Å². The van der Waals surface area contributed by atoms with Crippen LogP contribution in [0.2, 0.25) is 5.02 Å². The van der Waals surface area contributed by atoms with Gasteiger partial charge in [0.1, 0.15) is 11.3 Å². The Labute approximate surface area is 162 Å². The highest BCUT2D eigenvalue weighted by Gasteiger charge is 2.37. The predicted octanol–water partition coefficient (Wildman–Crippen LogP) is 3.30. The number of hydrogen-bond donors (Lipinski definition) is 1. The van der Waals surface area contributed by atoms with Crippen LogP contribution in [0.5, 0.6) is 0 Å². The minimum Gasteiger partial charge on any atom is -0.352 e. The molecule has 0 atom stereocenters. The normalized spacial score (nSPS) is 14.6. The first-order valence-corrected chi connectivity index (χ1v) is 9.13. The summed E-state index contributed by atoms with van der Waals surface area (Å²) in [7, 11) is 0. The predicted molar refractivity (Wildman–Crippen MR) is 94.2 cm³/mol. The Balaban J connectivity index is 1.51. The Morgan fingerprint density at radius 3 is 2.71 bits per heavy atom. The van der Waals surface area contributed by atoms with Crippen molar-refractivity contribution in [3.63, 3.8) is 0 Å². The van der Waals surface area contributed by atoms with Crippen molar-refractivity contribution in [2.24, 2.45) is 0 Å². The minimum atomic E-state index is -4.59. The fraction of sp³-hybridized carbons (Fsp3) is 0.412. The third-order valence-electron chi connectivity index (χ3n) is 4.47. The summed E-state index contributed by atoms with van der Waals surface area (Å²) < 4.78 is 42.5. The monoisotopic (exact) mass is 412 g/mol. The second kappa shape index (κ2) is 7.08. The molecule has 1 aliphatic carbocycles. The largest absolute Gasteiger partial charge is 0.433 e. The van der Waals surface area contributed by atoms with Crippen molar-refractivity contribution in [3.05, 3.63) is 46.6 Å². The van der Waals surface area contributed by atoms with E-state index in [2.05, 4.69) is 20.5 Å². The van der Waals surface area contributed by atoms with Crippen molar-refractivity contribution in [2.75, 3.05) is 6.54 Å². The number of fused-ring (bicyclic) bond motifs is 1. The molecular weight excluding hydrogens is 397 g/mol. The summed E-state index contributed by atoms with van der Waals surface area (Å²) in [5, 5.41) is 11.0. The van der Waals surface area contributed by atoms with E-state index >= 15 is 0 Å². The number of aromatic nitrogens is 5. The molecule has 0 radical (unpaired) electrons. The number of alkyl halides is 3. The standard InChI is InChI=1S/C17H16ClF3N6O/c18-11-7-23-26(9-11)5-1-4-22-16(28)12-8-24-27-14(17(19,20)21)6-13(10-2-3-10)25-15(12)27/h6-10H,1-5H2,(H,22,28). The molecule has 0 aliphatic heterocycles. The maximum atomic E-state index is 13.4. The van der Waals surface area contributed by atoms with Crippen LogP contribution in [0.3, 0.4) is 0 Å². The molecule has 1 N–H and O–H groups in total. The molecule has 7 nitrogen and oxygen atoms in total. The van der Waals surface area contributed by atoms with Crippen LogP contribution < -0.4 is 5.32 Å². The van der Waals surface area contributed by atoms with Gasteiger partial charge in [-0.3, -0.25) is 9.48 Å². The van der Waals surface area contributed by atoms with E-state index in [1.165, 1.54) is 6.20 Å². The number of aryl methyl sites for hydroxylation is 1. The Morgan fingerprint density at radius 1 is 1.29 bits per heavy atom. The highest BCUT2D eigenvalue weighted by atomic mass is 35.5. The van der Waals surface area contributed by atoms with Crippen LogP contribution in [0.4, 0.5) is 13.2 Å². The summed E-state index contributed by atoms with van der Waals surface area (Å²) in [6.45, 7) is 0.867. The lowest BCUT2D eigenvalue weighted by Gasteiger charge is -2.11. The van der Waals surface area contributed by atoms with Crippen LogP contribution >= 0.6 is 11.6 Å². The zero-order valence-electron chi connectivity index (χ0n) is 14.6. The fourth-order valence-corrected chi connectivity index (χ4v) is 3.09. The molecule has 11 heteroatoms. The molecule has 3 aromatic rings. The second-order valence-corrected chi connectivity index (χ2v) is 7.10. The van der Waals surface area contributed by atoms with Gasteiger partial charge >= 0.3 is 6.18 Å². The minimum absolute atomic E-state index is 0.0119. The molecule has 148 valence electrons. The quantitative estimate of drug-likeness (QED) is 0.630. The molecule has 4 rings (SSSR count). The maximum absolute atomic E-state index is 13.4. The van der Waals surface area contributed by atoms with Gasteiger partial charge in [-0.25, -0.2) is 9.50 Å². The van der Waals surface area contributed by atoms with Crippen molar-refractivity contribution in [1.29, 1.82) is 0 Å². The summed E-state index contributed by atoms with van der Waals surface area (Å²) in [6.07, 6.45) is 1.89. The number of carbonyl (C=O) groups is 1. The van der Waals surface area contributed by atoms with Gasteiger partial charge in [0.25, 0.3) is 5.91 Å². The maximum Gasteiger partial charge on any atom is 0.433 e. The number of nitrogens with zero attached hydrogens (tertiary/aromatic N) is 5. The number of halogens is 4. The Kier molecular flexibility index (Phi) is 4.74. The highest BCUT2D eigenvalue weighted by molar-refractivity contribution is 6.30. The first-order valence-electron chi connectivity index (χ1n) is 8.75. The van der Waals surface area contributed by atoms with Crippen molar-refractivity contribution < 1.29 is 18.0 Å². The number of nitrogens with one attached hydrogen (secondary N) is 1. The van der Waals surface area contributed by atoms with E-state index in [4.69, 9.17) is 11.6 Å². The van der Waals surface area contributed by atoms with E-state index in [0.717, 1.165) is 25.1 Å². The summed E-state index contributed by atoms with van der Waals surface area (Å²) in [5.41, 5.74) is -0.623. The van der Waals surface area contributed by atoms with Crippen molar-refractivity contribution in [2.45, 2.75) is 37.9 Å². The lowest BCUT2D eigenvalue weighted by atomic mass is 10.2. The summed E-state index contributed by atoms with van der Waals surface area (Å²) in [6, 6.07) is 1.02. The van der Waals surface area contributed by atoms with Gasteiger partial charge in [0, 0.05) is 30.9 Å². The Bertz CT molecular complexity index is 1020. The van der Waals surface area contributed by atoms with E-state index in [-0.39, 0.29) is 17.1 Å². The lowest BCUT2D eigenvalue weighted by molar-refractivity contribution is -0.142. The average molecular weight is 413 g/mol. The second-order valence-electron chi connectivity index (χ2n) is 6.66. The molecule has 1 fully saturated rings. The molecular formula is C17H16ClF3N6O. The molecule has 3 heterocycles. The zero-order valence-corrected chi connectivity index (χ0v) is 15.3. The van der Waals surface area contributed by atoms with Crippen LogP contribution in [0.25, 0.3) is 5.65 Å². The molecule has 0 aromatic carbocycles. The van der Waals surface area contributed by atoms with Gasteiger partial charge in [-0.1, -0.05) is 11.6 Å². The number of hydrogen-bond acceptors (Lipinski definition) is 4. The topological polar surface area (TPSA) is 77.1 Å². The van der Waals surface area contributed by atoms with Crippen LogP contribution in [0.15, 0.2) is 24.7 Å². The van der Waals surface area contributed by atoms with Gasteiger partial charge in [0.05, 0.1) is 17.4 Å². The van der Waals surface area contributed by atoms with E-state index in [1.54, 1.807) is 10.9 Å². The molecule has 1 saturated carbocycles. The first kappa shape index (κ1) is 18.7. The van der Waals surface area contributed by atoms with Crippen LogP contribution in [0, 0.1) is 0 Å². The van der Waals surface area contributed by atoms with Gasteiger partial charge in [0.2, 0.25) is 0 Å². The van der Waals surface area contributed by atoms with Gasteiger partial charge in [-0.05, 0) is 25.3 Å². The van der Waals surface area contributed by atoms with Gasteiger partial charge < -0.3 is 5.32 Å². The van der Waals surface area contributed by atoms with Crippen molar-refractivity contribution in [1.82, 2.24) is 29.7 Å². The number of rotatable bonds is 6. The summed E-state index contributed by atoms with van der Waals surface area (Å²) >= 11 is 5.78. The lowest BCUT2D eigenvalue weighted by Crippen LogP contribution is -2.25. The zero-order chi connectivity index (χ0) is 19.9. The highest BCUT2D eigenvalue weighted by Crippen LogP contribution is 2.41.